The van der Waals surface area contributed by atoms with Gasteiger partial charge in [0.2, 0.25) is 5.96 Å². The number of rotatable bonds is 3. The van der Waals surface area contributed by atoms with Crippen LogP contribution in [0.3, 0.4) is 0 Å². The number of hydroxylamine groups is 1. The smallest absolute Gasteiger partial charge is 0.212 e. The van der Waals surface area contributed by atoms with Gasteiger partial charge in [-0.15, -0.1) is 0 Å². The SMILES string of the molecule is NC(=NCCc1ccsc1)NO. The van der Waals surface area contributed by atoms with Crippen LogP contribution < -0.4 is 11.2 Å². The van der Waals surface area contributed by atoms with Gasteiger partial charge < -0.3 is 5.73 Å². The van der Waals surface area contributed by atoms with E-state index in [1.165, 1.54) is 5.56 Å². The van der Waals surface area contributed by atoms with Gasteiger partial charge in [0.05, 0.1) is 0 Å². The Kier molecular flexibility index (Phi) is 3.56. The van der Waals surface area contributed by atoms with Gasteiger partial charge in [0.1, 0.15) is 0 Å². The van der Waals surface area contributed by atoms with E-state index in [4.69, 9.17) is 10.9 Å². The maximum Gasteiger partial charge on any atom is 0.212 e. The van der Waals surface area contributed by atoms with E-state index in [0.29, 0.717) is 6.54 Å². The molecule has 0 bridgehead atoms. The molecule has 4 N–H and O–H groups in total. The molecule has 0 saturated heterocycles. The monoisotopic (exact) mass is 185 g/mol. The van der Waals surface area contributed by atoms with E-state index in [-0.39, 0.29) is 5.96 Å². The van der Waals surface area contributed by atoms with Gasteiger partial charge in [0.25, 0.3) is 0 Å². The zero-order valence-corrected chi connectivity index (χ0v) is 7.34. The molecule has 0 amide bonds. The summed E-state index contributed by atoms with van der Waals surface area (Å²) in [6.07, 6.45) is 0.853. The fourth-order valence-corrected chi connectivity index (χ4v) is 1.48. The molecule has 0 unspecified atom stereocenters. The normalized spacial score (nSPS) is 11.6. The number of guanidine groups is 1. The highest BCUT2D eigenvalue weighted by molar-refractivity contribution is 7.07. The maximum atomic E-state index is 8.29. The van der Waals surface area contributed by atoms with Gasteiger partial charge in [-0.2, -0.15) is 11.3 Å². The molecule has 1 heterocycles. The largest absolute Gasteiger partial charge is 0.368 e. The van der Waals surface area contributed by atoms with Crippen molar-refractivity contribution < 1.29 is 5.21 Å². The zero-order valence-electron chi connectivity index (χ0n) is 6.53. The van der Waals surface area contributed by atoms with Crippen molar-refractivity contribution >= 4 is 17.3 Å². The lowest BCUT2D eigenvalue weighted by atomic mass is 10.2. The van der Waals surface area contributed by atoms with E-state index in [1.807, 2.05) is 11.4 Å². The number of hydrogen-bond acceptors (Lipinski definition) is 3. The Labute approximate surface area is 74.7 Å². The van der Waals surface area contributed by atoms with E-state index < -0.39 is 0 Å². The number of nitrogens with two attached hydrogens (primary N) is 1. The van der Waals surface area contributed by atoms with E-state index in [9.17, 15) is 0 Å². The number of nitrogens with one attached hydrogen (secondary N) is 1. The lowest BCUT2D eigenvalue weighted by Crippen LogP contribution is -2.28. The summed E-state index contributed by atoms with van der Waals surface area (Å²) < 4.78 is 0. The third-order valence-corrected chi connectivity index (χ3v) is 2.11. The Morgan fingerprint density at radius 2 is 2.58 bits per heavy atom. The van der Waals surface area contributed by atoms with Crippen molar-refractivity contribution in [1.82, 2.24) is 5.48 Å². The van der Waals surface area contributed by atoms with Crippen LogP contribution in [0.4, 0.5) is 0 Å². The van der Waals surface area contributed by atoms with E-state index in [2.05, 4.69) is 10.4 Å². The van der Waals surface area contributed by atoms with Crippen molar-refractivity contribution in [2.45, 2.75) is 6.42 Å². The summed E-state index contributed by atoms with van der Waals surface area (Å²) in [7, 11) is 0. The summed E-state index contributed by atoms with van der Waals surface area (Å²) in [6, 6.07) is 2.04. The van der Waals surface area contributed by atoms with Crippen molar-refractivity contribution in [2.75, 3.05) is 6.54 Å². The van der Waals surface area contributed by atoms with Crippen LogP contribution in [0.5, 0.6) is 0 Å². The summed E-state index contributed by atoms with van der Waals surface area (Å²) in [5, 5.41) is 12.4. The molecule has 0 aliphatic carbocycles. The van der Waals surface area contributed by atoms with Crippen molar-refractivity contribution in [1.29, 1.82) is 0 Å². The first kappa shape index (κ1) is 9.02. The lowest BCUT2D eigenvalue weighted by molar-refractivity contribution is 0.232. The first-order valence-corrected chi connectivity index (χ1v) is 4.48. The Balaban J connectivity index is 2.28. The highest BCUT2D eigenvalue weighted by Gasteiger charge is 1.91. The van der Waals surface area contributed by atoms with Gasteiger partial charge >= 0.3 is 0 Å². The Morgan fingerprint density at radius 1 is 1.75 bits per heavy atom. The van der Waals surface area contributed by atoms with Gasteiger partial charge in [-0.3, -0.25) is 10.2 Å². The van der Waals surface area contributed by atoms with Crippen LogP contribution in [0.15, 0.2) is 21.8 Å². The average molecular weight is 185 g/mol. The third-order valence-electron chi connectivity index (χ3n) is 1.38. The Hall–Kier alpha value is -1.07. The van der Waals surface area contributed by atoms with Gasteiger partial charge in [0, 0.05) is 6.54 Å². The molecular weight excluding hydrogens is 174 g/mol. The predicted octanol–water partition coefficient (Wildman–Crippen LogP) is 0.584. The van der Waals surface area contributed by atoms with Crippen molar-refractivity contribution in [3.05, 3.63) is 22.4 Å². The number of thiophene rings is 1. The van der Waals surface area contributed by atoms with Crippen LogP contribution >= 0.6 is 11.3 Å². The summed E-state index contributed by atoms with van der Waals surface area (Å²) in [5.74, 6) is 0.0604. The number of nitrogens with zero attached hydrogens (tertiary/aromatic N) is 1. The van der Waals surface area contributed by atoms with Gasteiger partial charge in [-0.05, 0) is 28.8 Å². The van der Waals surface area contributed by atoms with E-state index in [0.717, 1.165) is 6.42 Å². The molecule has 0 spiro atoms. The molecule has 5 heteroatoms. The fourth-order valence-electron chi connectivity index (χ4n) is 0.776. The van der Waals surface area contributed by atoms with Crippen molar-refractivity contribution in [2.24, 2.45) is 10.7 Å². The summed E-state index contributed by atoms with van der Waals surface area (Å²) in [6.45, 7) is 0.593. The van der Waals surface area contributed by atoms with Gasteiger partial charge in [-0.25, -0.2) is 5.48 Å². The van der Waals surface area contributed by atoms with Crippen molar-refractivity contribution in [3.8, 4) is 0 Å². The molecule has 0 aliphatic rings. The second kappa shape index (κ2) is 4.74. The molecule has 0 atom stereocenters. The molecule has 1 aromatic rings. The second-order valence-electron chi connectivity index (χ2n) is 2.26. The minimum absolute atomic E-state index is 0.0604. The van der Waals surface area contributed by atoms with Crippen LogP contribution in [0, 0.1) is 0 Å². The molecule has 12 heavy (non-hydrogen) atoms. The molecule has 1 aromatic heterocycles. The predicted molar refractivity (Wildman–Crippen MR) is 49.4 cm³/mol. The number of hydrogen-bond donors (Lipinski definition) is 3. The first-order valence-electron chi connectivity index (χ1n) is 3.54. The highest BCUT2D eigenvalue weighted by Crippen LogP contribution is 2.06. The maximum absolute atomic E-state index is 8.29. The molecule has 66 valence electrons. The van der Waals surface area contributed by atoms with Crippen LogP contribution in [-0.4, -0.2) is 17.7 Å². The second-order valence-corrected chi connectivity index (χ2v) is 3.04. The molecule has 0 aliphatic heterocycles. The Morgan fingerprint density at radius 3 is 3.17 bits per heavy atom. The summed E-state index contributed by atoms with van der Waals surface area (Å²) >= 11 is 1.66. The molecule has 4 nitrogen and oxygen atoms in total. The summed E-state index contributed by atoms with van der Waals surface area (Å²) in [5.41, 5.74) is 8.22. The third kappa shape index (κ3) is 2.89. The first-order chi connectivity index (χ1) is 5.83. The quantitative estimate of drug-likeness (QED) is 0.366. The minimum Gasteiger partial charge on any atom is -0.368 e. The minimum atomic E-state index is 0.0604. The van der Waals surface area contributed by atoms with E-state index >= 15 is 0 Å². The molecule has 0 fully saturated rings. The average Bonchev–Trinajstić information content (AvgIpc) is 2.57. The van der Waals surface area contributed by atoms with E-state index in [1.54, 1.807) is 16.8 Å². The van der Waals surface area contributed by atoms with Gasteiger partial charge in [-0.1, -0.05) is 0 Å². The van der Waals surface area contributed by atoms with Crippen molar-refractivity contribution in [3.63, 3.8) is 0 Å². The highest BCUT2D eigenvalue weighted by atomic mass is 32.1. The fraction of sp³-hybridized carbons (Fsp3) is 0.286. The molecule has 1 rings (SSSR count). The molecule has 0 saturated carbocycles. The topological polar surface area (TPSA) is 70.6 Å². The summed E-state index contributed by atoms with van der Waals surface area (Å²) in [4.78, 5) is 3.86. The molecular formula is C7H11N3OS. The number of aliphatic imine (C=N–C) groups is 1. The molecule has 0 radical (unpaired) electrons. The van der Waals surface area contributed by atoms with Crippen LogP contribution in [0.25, 0.3) is 0 Å². The zero-order chi connectivity index (χ0) is 8.81. The van der Waals surface area contributed by atoms with Gasteiger partial charge in [0.15, 0.2) is 0 Å². The van der Waals surface area contributed by atoms with Crippen LogP contribution in [0.2, 0.25) is 0 Å². The van der Waals surface area contributed by atoms with Crippen LogP contribution in [0.1, 0.15) is 5.56 Å². The lowest BCUT2D eigenvalue weighted by Gasteiger charge is -1.96. The standard InChI is InChI=1S/C7H11N3OS/c8-7(10-11)9-3-1-6-2-4-12-5-6/h2,4-5,11H,1,3H2,(H3,8,9,10). The van der Waals surface area contributed by atoms with Crippen LogP contribution in [-0.2, 0) is 6.42 Å². The molecule has 0 aromatic carbocycles. The Bertz CT molecular complexity index is 245.